The van der Waals surface area contributed by atoms with Gasteiger partial charge in [0, 0.05) is 56.2 Å². The number of amides is 1. The van der Waals surface area contributed by atoms with E-state index in [1.165, 1.54) is 54.9 Å². The highest BCUT2D eigenvalue weighted by atomic mass is 32.2. The van der Waals surface area contributed by atoms with Gasteiger partial charge in [0.1, 0.15) is 11.8 Å². The normalized spacial score (nSPS) is 20.1. The lowest BCUT2D eigenvalue weighted by Crippen LogP contribution is -2.39. The number of likely N-dealkylation sites (N-methyl/N-ethyl adjacent to an activating group) is 1. The van der Waals surface area contributed by atoms with Gasteiger partial charge in [0.05, 0.1) is 12.0 Å². The van der Waals surface area contributed by atoms with E-state index in [0.717, 1.165) is 17.7 Å². The molecule has 3 aliphatic rings. The summed E-state index contributed by atoms with van der Waals surface area (Å²) in [5.74, 6) is 6.48. The van der Waals surface area contributed by atoms with Crippen LogP contribution in [-0.4, -0.2) is 61.9 Å². The first-order valence-corrected chi connectivity index (χ1v) is 13.1. The van der Waals surface area contributed by atoms with Crippen LogP contribution in [-0.2, 0) is 9.47 Å². The molecular weight excluding hydrogens is 526 g/mol. The smallest absolute Gasteiger partial charge is 0.295 e. The van der Waals surface area contributed by atoms with Gasteiger partial charge < -0.3 is 25.0 Å². The number of halogens is 2. The number of rotatable bonds is 6. The average Bonchev–Trinajstić information content (AvgIpc) is 3.63. The molecule has 0 saturated heterocycles. The van der Waals surface area contributed by atoms with Crippen molar-refractivity contribution in [2.75, 3.05) is 26.1 Å². The number of amidine groups is 1. The molecule has 12 heteroatoms. The minimum absolute atomic E-state index is 0.165. The number of methoxy groups -OCH3 is 1. The standard InChI is InChI=1S/C27H30F2N6O3S/c1-15(30)38-26(31)35(3)17-8-10-19(25(36)33-27-32-13-18(39-27)9-7-16-5-6-16)20(11-17)21-12-22(24(28)29)34(2)14-23(21)37-4/h8,10-14,16,22,24,27,30-32H,5-6H2,1-4H3,(H,33,36). The molecule has 0 aromatic heterocycles. The Morgan fingerprint density at radius 3 is 2.72 bits per heavy atom. The molecule has 1 saturated carbocycles. The molecule has 2 unspecified atom stereocenters. The fraction of sp³-hybridized carbons (Fsp3) is 0.370. The van der Waals surface area contributed by atoms with E-state index in [1.54, 1.807) is 31.4 Å². The molecule has 1 fully saturated rings. The molecule has 2 heterocycles. The number of thioether (sulfide) groups is 1. The fourth-order valence-electron chi connectivity index (χ4n) is 3.92. The van der Waals surface area contributed by atoms with Crippen molar-refractivity contribution in [3.8, 4) is 11.8 Å². The van der Waals surface area contributed by atoms with Gasteiger partial charge in [-0.2, -0.15) is 0 Å². The molecule has 1 amide bonds. The quantitative estimate of drug-likeness (QED) is 0.237. The molecule has 2 aliphatic heterocycles. The summed E-state index contributed by atoms with van der Waals surface area (Å²) >= 11 is 1.39. The Hall–Kier alpha value is -3.98. The summed E-state index contributed by atoms with van der Waals surface area (Å²) in [5.41, 5.74) is 0.885. The fourth-order valence-corrected chi connectivity index (χ4v) is 4.73. The lowest BCUT2D eigenvalue weighted by atomic mass is 9.93. The summed E-state index contributed by atoms with van der Waals surface area (Å²) in [6, 6.07) is 3.24. The Morgan fingerprint density at radius 1 is 1.33 bits per heavy atom. The van der Waals surface area contributed by atoms with Crippen molar-refractivity contribution in [1.82, 2.24) is 15.5 Å². The number of hydrogen-bond donors (Lipinski definition) is 4. The lowest BCUT2D eigenvalue weighted by Gasteiger charge is -2.31. The van der Waals surface area contributed by atoms with Crippen LogP contribution in [0.5, 0.6) is 0 Å². The van der Waals surface area contributed by atoms with Crippen molar-refractivity contribution in [2.45, 2.75) is 37.7 Å². The lowest BCUT2D eigenvalue weighted by molar-refractivity contribution is 0.0780. The number of nitrogens with zero attached hydrogens (tertiary/aromatic N) is 2. The zero-order chi connectivity index (χ0) is 28.3. The minimum atomic E-state index is -2.68. The van der Waals surface area contributed by atoms with Crippen LogP contribution in [0.4, 0.5) is 14.5 Å². The van der Waals surface area contributed by atoms with Gasteiger partial charge >= 0.3 is 0 Å². The maximum absolute atomic E-state index is 13.9. The van der Waals surface area contributed by atoms with E-state index in [1.807, 2.05) is 0 Å². The number of nitrogens with one attached hydrogen (secondary N) is 4. The van der Waals surface area contributed by atoms with Crippen molar-refractivity contribution in [2.24, 2.45) is 5.92 Å². The number of alkyl halides is 2. The Labute approximate surface area is 230 Å². The van der Waals surface area contributed by atoms with Gasteiger partial charge in [-0.05, 0) is 42.7 Å². The first-order valence-electron chi connectivity index (χ1n) is 12.2. The zero-order valence-corrected chi connectivity index (χ0v) is 22.8. The van der Waals surface area contributed by atoms with Crippen LogP contribution in [0.2, 0.25) is 0 Å². The number of carbonyl (C=O) groups excluding carboxylic acids is 1. The first kappa shape index (κ1) is 28.0. The predicted molar refractivity (Wildman–Crippen MR) is 148 cm³/mol. The monoisotopic (exact) mass is 556 g/mol. The first-order chi connectivity index (χ1) is 18.6. The summed E-state index contributed by atoms with van der Waals surface area (Å²) in [6.07, 6.45) is 4.17. The second-order valence-electron chi connectivity index (χ2n) is 9.21. The summed E-state index contributed by atoms with van der Waals surface area (Å²) in [6.45, 7) is 1.40. The Morgan fingerprint density at radius 2 is 2.08 bits per heavy atom. The third-order valence-corrected chi connectivity index (χ3v) is 7.16. The SMILES string of the molecule is COC1=CN(C)C(C(F)F)C=C1c1cc(N(C)C(=N)OC(C)=N)ccc1C(=O)NC1NC=C(C#CC2CC2)S1. The minimum Gasteiger partial charge on any atom is -0.495 e. The van der Waals surface area contributed by atoms with Crippen LogP contribution in [0.25, 0.3) is 5.57 Å². The molecule has 0 bridgehead atoms. The second kappa shape index (κ2) is 11.8. The van der Waals surface area contributed by atoms with E-state index < -0.39 is 23.9 Å². The van der Waals surface area contributed by atoms with Crippen LogP contribution >= 0.6 is 11.8 Å². The van der Waals surface area contributed by atoms with Crippen molar-refractivity contribution >= 4 is 40.8 Å². The van der Waals surface area contributed by atoms with Crippen molar-refractivity contribution in [1.29, 1.82) is 10.8 Å². The van der Waals surface area contributed by atoms with E-state index in [-0.39, 0.29) is 17.5 Å². The van der Waals surface area contributed by atoms with Crippen LogP contribution in [0.3, 0.4) is 0 Å². The maximum atomic E-state index is 13.9. The number of hydrogen-bond acceptors (Lipinski definition) is 8. The molecule has 1 aromatic rings. The number of benzene rings is 1. The zero-order valence-electron chi connectivity index (χ0n) is 22.0. The van der Waals surface area contributed by atoms with E-state index >= 15 is 0 Å². The van der Waals surface area contributed by atoms with Gasteiger partial charge in [-0.15, -0.1) is 0 Å². The number of ether oxygens (including phenoxy) is 2. The van der Waals surface area contributed by atoms with Gasteiger partial charge in [-0.25, -0.2) is 8.78 Å². The molecule has 4 N–H and O–H groups in total. The molecule has 0 radical (unpaired) electrons. The van der Waals surface area contributed by atoms with Gasteiger partial charge in [0.25, 0.3) is 18.4 Å². The third-order valence-electron chi connectivity index (χ3n) is 6.20. The molecule has 9 nitrogen and oxygen atoms in total. The Kier molecular flexibility index (Phi) is 8.50. The van der Waals surface area contributed by atoms with Crippen molar-refractivity contribution in [3.05, 3.63) is 58.5 Å². The molecule has 1 aliphatic carbocycles. The van der Waals surface area contributed by atoms with Gasteiger partial charge in [-0.1, -0.05) is 23.6 Å². The molecular formula is C27H30F2N6O3S. The van der Waals surface area contributed by atoms with E-state index in [4.69, 9.17) is 20.3 Å². The van der Waals surface area contributed by atoms with Gasteiger partial charge in [0.2, 0.25) is 0 Å². The van der Waals surface area contributed by atoms with Crippen molar-refractivity contribution in [3.63, 3.8) is 0 Å². The van der Waals surface area contributed by atoms with E-state index in [9.17, 15) is 13.6 Å². The molecule has 2 atom stereocenters. The molecule has 4 rings (SSSR count). The van der Waals surface area contributed by atoms with Crippen LogP contribution in [0.1, 0.15) is 35.7 Å². The summed E-state index contributed by atoms with van der Waals surface area (Å²) in [5, 5.41) is 21.7. The van der Waals surface area contributed by atoms with Gasteiger partial charge in [0.15, 0.2) is 11.4 Å². The molecule has 206 valence electrons. The second-order valence-corrected chi connectivity index (χ2v) is 10.4. The number of carbonyl (C=O) groups is 1. The molecule has 39 heavy (non-hydrogen) atoms. The number of anilines is 1. The van der Waals surface area contributed by atoms with E-state index in [2.05, 4.69) is 22.5 Å². The molecule has 0 spiro atoms. The van der Waals surface area contributed by atoms with Gasteiger partial charge in [-0.3, -0.25) is 20.5 Å². The number of allylic oxidation sites excluding steroid dienone is 2. The largest absolute Gasteiger partial charge is 0.495 e. The van der Waals surface area contributed by atoms with Crippen molar-refractivity contribution < 1.29 is 23.0 Å². The summed E-state index contributed by atoms with van der Waals surface area (Å²) in [4.78, 5) is 17.1. The summed E-state index contributed by atoms with van der Waals surface area (Å²) < 4.78 is 38.4. The van der Waals surface area contributed by atoms with Crippen LogP contribution in [0.15, 0.2) is 47.3 Å². The topological polar surface area (TPSA) is 114 Å². The maximum Gasteiger partial charge on any atom is 0.295 e. The molecule has 1 aromatic carbocycles. The highest BCUT2D eigenvalue weighted by Gasteiger charge is 2.31. The third kappa shape index (κ3) is 6.72. The average molecular weight is 557 g/mol. The Balaban J connectivity index is 1.67. The predicted octanol–water partition coefficient (Wildman–Crippen LogP) is 4.13. The Bertz CT molecular complexity index is 1330. The summed E-state index contributed by atoms with van der Waals surface area (Å²) in [7, 11) is 4.52. The van der Waals surface area contributed by atoms with Crippen LogP contribution in [0, 0.1) is 28.6 Å². The highest BCUT2D eigenvalue weighted by molar-refractivity contribution is 8.04. The van der Waals surface area contributed by atoms with E-state index in [0.29, 0.717) is 28.5 Å². The highest BCUT2D eigenvalue weighted by Crippen LogP contribution is 2.35. The van der Waals surface area contributed by atoms with Crippen LogP contribution < -0.4 is 15.5 Å².